The van der Waals surface area contributed by atoms with Crippen LogP contribution in [0.4, 0.5) is 22.0 Å². The molecule has 0 amide bonds. The fraction of sp³-hybridized carbons (Fsp3) is 0.467. The Labute approximate surface area is 125 Å². The topological polar surface area (TPSA) is 0 Å². The summed E-state index contributed by atoms with van der Waals surface area (Å²) >= 11 is 4.35. The van der Waals surface area contributed by atoms with Crippen molar-refractivity contribution in [3.8, 4) is 11.8 Å². The van der Waals surface area contributed by atoms with Crippen molar-refractivity contribution < 1.29 is 22.0 Å². The standard InChI is InChI=1S/C15H13F5S/c16-13-7-10(9-1-3-11(21)4-2-9)8-14(17)12(13)5-6-15(18,19)20/h7-9,11,21H,1-4H2. The first-order valence-electron chi connectivity index (χ1n) is 6.53. The highest BCUT2D eigenvalue weighted by Crippen LogP contribution is 2.35. The van der Waals surface area contributed by atoms with Gasteiger partial charge in [0, 0.05) is 11.2 Å². The Kier molecular flexibility index (Phi) is 4.82. The summed E-state index contributed by atoms with van der Waals surface area (Å²) in [5, 5.41) is 0.299. The summed E-state index contributed by atoms with van der Waals surface area (Å²) in [7, 11) is 0. The summed E-state index contributed by atoms with van der Waals surface area (Å²) in [6, 6.07) is 2.18. The van der Waals surface area contributed by atoms with Gasteiger partial charge >= 0.3 is 6.18 Å². The summed E-state index contributed by atoms with van der Waals surface area (Å²) < 4.78 is 63.5. The molecule has 114 valence electrons. The van der Waals surface area contributed by atoms with Gasteiger partial charge in [-0.15, -0.1) is 0 Å². The minimum absolute atomic E-state index is 0.0158. The van der Waals surface area contributed by atoms with Crippen LogP contribution in [0.5, 0.6) is 0 Å². The highest BCUT2D eigenvalue weighted by atomic mass is 32.1. The first-order chi connectivity index (χ1) is 9.76. The number of rotatable bonds is 1. The van der Waals surface area contributed by atoms with E-state index in [-0.39, 0.29) is 5.92 Å². The Bertz CT molecular complexity index is 551. The van der Waals surface area contributed by atoms with Gasteiger partial charge in [-0.3, -0.25) is 0 Å². The molecular weight excluding hydrogens is 307 g/mol. The molecule has 1 aliphatic carbocycles. The van der Waals surface area contributed by atoms with Crippen LogP contribution in [-0.2, 0) is 0 Å². The molecule has 0 atom stereocenters. The van der Waals surface area contributed by atoms with E-state index in [1.54, 1.807) is 0 Å². The van der Waals surface area contributed by atoms with Crippen molar-refractivity contribution in [3.05, 3.63) is 34.9 Å². The number of hydrogen-bond donors (Lipinski definition) is 1. The van der Waals surface area contributed by atoms with Crippen molar-refractivity contribution >= 4 is 12.6 Å². The lowest BCUT2D eigenvalue weighted by Gasteiger charge is -2.26. The number of thiol groups is 1. The lowest BCUT2D eigenvalue weighted by atomic mass is 9.83. The van der Waals surface area contributed by atoms with Crippen LogP contribution in [0, 0.1) is 23.5 Å². The highest BCUT2D eigenvalue weighted by molar-refractivity contribution is 7.80. The predicted octanol–water partition coefficient (Wildman–Crippen LogP) is 4.83. The average Bonchev–Trinajstić information content (AvgIpc) is 2.37. The monoisotopic (exact) mass is 320 g/mol. The summed E-state index contributed by atoms with van der Waals surface area (Å²) in [5.74, 6) is 0.328. The molecule has 1 saturated carbocycles. The summed E-state index contributed by atoms with van der Waals surface area (Å²) in [6.07, 6.45) is -1.54. The van der Waals surface area contributed by atoms with Gasteiger partial charge in [-0.2, -0.15) is 25.8 Å². The maximum atomic E-state index is 13.8. The van der Waals surface area contributed by atoms with E-state index in [1.807, 2.05) is 0 Å². The van der Waals surface area contributed by atoms with Gasteiger partial charge in [-0.1, -0.05) is 5.92 Å². The fourth-order valence-corrected chi connectivity index (χ4v) is 2.79. The van der Waals surface area contributed by atoms with Crippen LogP contribution in [0.2, 0.25) is 0 Å². The third-order valence-electron chi connectivity index (χ3n) is 3.56. The Morgan fingerprint density at radius 3 is 2.00 bits per heavy atom. The smallest absolute Gasteiger partial charge is 0.206 e. The zero-order valence-electron chi connectivity index (χ0n) is 11.0. The molecule has 1 aromatic rings. The zero-order chi connectivity index (χ0) is 15.6. The quantitative estimate of drug-likeness (QED) is 0.427. The molecule has 0 radical (unpaired) electrons. The lowest BCUT2D eigenvalue weighted by molar-refractivity contribution is -0.0696. The van der Waals surface area contributed by atoms with Crippen LogP contribution in [0.3, 0.4) is 0 Å². The van der Waals surface area contributed by atoms with Crippen molar-refractivity contribution in [2.45, 2.75) is 43.0 Å². The molecule has 0 aromatic heterocycles. The van der Waals surface area contributed by atoms with E-state index in [0.717, 1.165) is 43.7 Å². The van der Waals surface area contributed by atoms with Crippen molar-refractivity contribution in [2.75, 3.05) is 0 Å². The van der Waals surface area contributed by atoms with Gasteiger partial charge in [0.25, 0.3) is 0 Å². The molecule has 1 fully saturated rings. The first-order valence-corrected chi connectivity index (χ1v) is 7.05. The van der Waals surface area contributed by atoms with Crippen LogP contribution in [0.15, 0.2) is 12.1 Å². The number of alkyl halides is 3. The minimum Gasteiger partial charge on any atom is -0.206 e. The summed E-state index contributed by atoms with van der Waals surface area (Å²) in [4.78, 5) is 0. The summed E-state index contributed by atoms with van der Waals surface area (Å²) in [6.45, 7) is 0. The molecule has 0 heterocycles. The molecule has 0 N–H and O–H groups in total. The minimum atomic E-state index is -4.78. The van der Waals surface area contributed by atoms with Crippen LogP contribution in [0.1, 0.15) is 42.7 Å². The Hall–Kier alpha value is -1.22. The van der Waals surface area contributed by atoms with E-state index < -0.39 is 23.4 Å². The van der Waals surface area contributed by atoms with Crippen molar-refractivity contribution in [1.29, 1.82) is 0 Å². The van der Waals surface area contributed by atoms with Crippen LogP contribution >= 0.6 is 12.6 Å². The summed E-state index contributed by atoms with van der Waals surface area (Å²) in [5.41, 5.74) is -0.359. The van der Waals surface area contributed by atoms with E-state index in [4.69, 9.17) is 0 Å². The van der Waals surface area contributed by atoms with E-state index in [1.165, 1.54) is 5.92 Å². The van der Waals surface area contributed by atoms with Gasteiger partial charge in [0.1, 0.15) is 11.6 Å². The lowest BCUT2D eigenvalue weighted by Crippen LogP contribution is -2.13. The molecule has 0 nitrogen and oxygen atoms in total. The van der Waals surface area contributed by atoms with Gasteiger partial charge in [0.05, 0.1) is 5.56 Å². The zero-order valence-corrected chi connectivity index (χ0v) is 11.9. The van der Waals surface area contributed by atoms with Crippen molar-refractivity contribution in [3.63, 3.8) is 0 Å². The van der Waals surface area contributed by atoms with Crippen LogP contribution in [-0.4, -0.2) is 11.4 Å². The normalized spacial score (nSPS) is 22.6. The second kappa shape index (κ2) is 6.27. The molecule has 0 saturated heterocycles. The van der Waals surface area contributed by atoms with Gasteiger partial charge < -0.3 is 0 Å². The second-order valence-corrected chi connectivity index (χ2v) is 5.84. The molecular formula is C15H13F5S. The second-order valence-electron chi connectivity index (χ2n) is 5.11. The van der Waals surface area contributed by atoms with E-state index in [0.29, 0.717) is 10.8 Å². The third kappa shape index (κ3) is 4.37. The van der Waals surface area contributed by atoms with Crippen LogP contribution in [0.25, 0.3) is 0 Å². The molecule has 2 rings (SSSR count). The van der Waals surface area contributed by atoms with E-state index in [2.05, 4.69) is 12.6 Å². The molecule has 0 bridgehead atoms. The van der Waals surface area contributed by atoms with Gasteiger partial charge in [-0.05, 0) is 49.3 Å². The molecule has 0 spiro atoms. The van der Waals surface area contributed by atoms with Gasteiger partial charge in [0.15, 0.2) is 0 Å². The maximum Gasteiger partial charge on any atom is 0.458 e. The van der Waals surface area contributed by atoms with Crippen molar-refractivity contribution in [2.24, 2.45) is 0 Å². The Balaban J connectivity index is 2.26. The van der Waals surface area contributed by atoms with Crippen molar-refractivity contribution in [1.82, 2.24) is 0 Å². The number of halogens is 5. The number of hydrogen-bond acceptors (Lipinski definition) is 1. The van der Waals surface area contributed by atoms with Crippen LogP contribution < -0.4 is 0 Å². The van der Waals surface area contributed by atoms with Gasteiger partial charge in [-0.25, -0.2) is 8.78 Å². The predicted molar refractivity (Wildman–Crippen MR) is 73.3 cm³/mol. The third-order valence-corrected chi connectivity index (χ3v) is 4.08. The fourth-order valence-electron chi connectivity index (χ4n) is 2.49. The largest absolute Gasteiger partial charge is 0.458 e. The molecule has 1 aliphatic rings. The molecule has 0 unspecified atom stereocenters. The maximum absolute atomic E-state index is 13.8. The highest BCUT2D eigenvalue weighted by Gasteiger charge is 2.25. The molecule has 21 heavy (non-hydrogen) atoms. The SMILES string of the molecule is Fc1cc(C2CCC(S)CC2)cc(F)c1C#CC(F)(F)F. The van der Waals surface area contributed by atoms with E-state index in [9.17, 15) is 22.0 Å². The average molecular weight is 320 g/mol. The molecule has 1 aromatic carbocycles. The first kappa shape index (κ1) is 16.2. The Morgan fingerprint density at radius 1 is 1.00 bits per heavy atom. The van der Waals surface area contributed by atoms with E-state index >= 15 is 0 Å². The Morgan fingerprint density at radius 2 is 1.52 bits per heavy atom. The number of benzene rings is 1. The molecule has 6 heteroatoms. The van der Waals surface area contributed by atoms with Gasteiger partial charge in [0.2, 0.25) is 0 Å². The molecule has 0 aliphatic heterocycles.